The quantitative estimate of drug-likeness (QED) is 0.494. The fourth-order valence-corrected chi connectivity index (χ4v) is 1.95. The standard InChI is InChI=1S/C11H12O4S.Na.H/c1-2-15-10(12)7-16-9-6-4-3-5-8(9)11(13)14;;/h3-6H,2,7H2,1H3,(H,13,14);;. The first kappa shape index (κ1) is 16.5. The summed E-state index contributed by atoms with van der Waals surface area (Å²) < 4.78 is 4.76. The van der Waals surface area contributed by atoms with Gasteiger partial charge in [-0.05, 0) is 19.1 Å². The summed E-state index contributed by atoms with van der Waals surface area (Å²) >= 11 is 1.17. The van der Waals surface area contributed by atoms with Crippen LogP contribution in [0.1, 0.15) is 17.3 Å². The number of carbonyl (C=O) groups excluding carboxylic acids is 1. The van der Waals surface area contributed by atoms with E-state index in [-0.39, 0.29) is 46.8 Å². The summed E-state index contributed by atoms with van der Waals surface area (Å²) in [5.41, 5.74) is 0.205. The Bertz CT molecular complexity index is 395. The third-order valence-corrected chi connectivity index (χ3v) is 2.82. The van der Waals surface area contributed by atoms with Gasteiger partial charge in [0.05, 0.1) is 17.9 Å². The van der Waals surface area contributed by atoms with Gasteiger partial charge >= 0.3 is 41.5 Å². The summed E-state index contributed by atoms with van der Waals surface area (Å²) in [4.78, 5) is 22.5. The number of hydrogen-bond acceptors (Lipinski definition) is 4. The van der Waals surface area contributed by atoms with Crippen molar-refractivity contribution in [3.8, 4) is 0 Å². The molecule has 0 aliphatic carbocycles. The monoisotopic (exact) mass is 264 g/mol. The number of carboxylic acids is 1. The van der Waals surface area contributed by atoms with E-state index in [2.05, 4.69) is 0 Å². The van der Waals surface area contributed by atoms with Gasteiger partial charge in [0.2, 0.25) is 0 Å². The molecule has 0 amide bonds. The molecule has 4 nitrogen and oxygen atoms in total. The van der Waals surface area contributed by atoms with E-state index in [9.17, 15) is 9.59 Å². The molecule has 0 heterocycles. The summed E-state index contributed by atoms with van der Waals surface area (Å²) in [7, 11) is 0. The van der Waals surface area contributed by atoms with Gasteiger partial charge in [-0.2, -0.15) is 0 Å². The summed E-state index contributed by atoms with van der Waals surface area (Å²) in [6.45, 7) is 2.06. The van der Waals surface area contributed by atoms with Crippen molar-refractivity contribution >= 4 is 53.3 Å². The molecule has 6 heteroatoms. The van der Waals surface area contributed by atoms with Crippen LogP contribution in [0.4, 0.5) is 0 Å². The number of esters is 1. The van der Waals surface area contributed by atoms with E-state index < -0.39 is 5.97 Å². The van der Waals surface area contributed by atoms with Crippen molar-refractivity contribution in [2.75, 3.05) is 12.4 Å². The van der Waals surface area contributed by atoms with Gasteiger partial charge in [-0.3, -0.25) is 4.79 Å². The number of benzene rings is 1. The average Bonchev–Trinajstić information content (AvgIpc) is 2.27. The van der Waals surface area contributed by atoms with Crippen LogP contribution in [0, 0.1) is 0 Å². The number of aromatic carboxylic acids is 1. The van der Waals surface area contributed by atoms with E-state index in [1.807, 2.05) is 0 Å². The maximum atomic E-state index is 11.1. The van der Waals surface area contributed by atoms with E-state index in [0.29, 0.717) is 11.5 Å². The van der Waals surface area contributed by atoms with Crippen LogP contribution < -0.4 is 0 Å². The Labute approximate surface area is 126 Å². The van der Waals surface area contributed by atoms with Gasteiger partial charge < -0.3 is 9.84 Å². The van der Waals surface area contributed by atoms with E-state index in [4.69, 9.17) is 9.84 Å². The zero-order chi connectivity index (χ0) is 12.0. The summed E-state index contributed by atoms with van der Waals surface area (Å²) in [5.74, 6) is -1.21. The maximum absolute atomic E-state index is 11.1. The van der Waals surface area contributed by atoms with Crippen molar-refractivity contribution in [2.24, 2.45) is 0 Å². The van der Waals surface area contributed by atoms with Gasteiger partial charge in [0.15, 0.2) is 0 Å². The molecule has 88 valence electrons. The molecular formula is C11H13NaO4S. The van der Waals surface area contributed by atoms with Crippen LogP contribution in [0.15, 0.2) is 29.2 Å². The van der Waals surface area contributed by atoms with E-state index in [1.165, 1.54) is 17.8 Å². The van der Waals surface area contributed by atoms with Gasteiger partial charge in [-0.25, -0.2) is 4.79 Å². The van der Waals surface area contributed by atoms with Crippen LogP contribution in [0.25, 0.3) is 0 Å². The predicted octanol–water partition coefficient (Wildman–Crippen LogP) is 1.39. The molecule has 1 rings (SSSR count). The minimum atomic E-state index is -0.994. The van der Waals surface area contributed by atoms with Crippen LogP contribution in [-0.2, 0) is 9.53 Å². The molecule has 0 spiro atoms. The molecule has 1 aromatic rings. The fourth-order valence-electron chi connectivity index (χ4n) is 1.11. The van der Waals surface area contributed by atoms with Gasteiger partial charge in [-0.1, -0.05) is 12.1 Å². The molecule has 0 aliphatic heterocycles. The second-order valence-electron chi connectivity index (χ2n) is 2.90. The van der Waals surface area contributed by atoms with Gasteiger partial charge in [-0.15, -0.1) is 11.8 Å². The minimum absolute atomic E-state index is 0. The SMILES string of the molecule is CCOC(=O)CSc1ccccc1C(=O)O.[NaH]. The van der Waals surface area contributed by atoms with Gasteiger partial charge in [0.25, 0.3) is 0 Å². The van der Waals surface area contributed by atoms with Crippen molar-refractivity contribution in [3.05, 3.63) is 29.8 Å². The topological polar surface area (TPSA) is 63.6 Å². The van der Waals surface area contributed by atoms with Crippen molar-refractivity contribution in [3.63, 3.8) is 0 Å². The molecule has 0 saturated heterocycles. The Morgan fingerprint density at radius 2 is 2.00 bits per heavy atom. The van der Waals surface area contributed by atoms with Gasteiger partial charge in [0, 0.05) is 4.90 Å². The number of rotatable bonds is 5. The Hall–Kier alpha value is -0.490. The molecule has 0 atom stereocenters. The van der Waals surface area contributed by atoms with Crippen LogP contribution in [0.2, 0.25) is 0 Å². The van der Waals surface area contributed by atoms with Crippen molar-refractivity contribution in [2.45, 2.75) is 11.8 Å². The third-order valence-electron chi connectivity index (χ3n) is 1.77. The first-order chi connectivity index (χ1) is 7.65. The van der Waals surface area contributed by atoms with Crippen LogP contribution in [0.3, 0.4) is 0 Å². The van der Waals surface area contributed by atoms with Crippen molar-refractivity contribution in [1.29, 1.82) is 0 Å². The van der Waals surface area contributed by atoms with Crippen LogP contribution in [0.5, 0.6) is 0 Å². The number of carbonyl (C=O) groups is 2. The van der Waals surface area contributed by atoms with E-state index >= 15 is 0 Å². The molecule has 0 unspecified atom stereocenters. The second kappa shape index (κ2) is 8.58. The van der Waals surface area contributed by atoms with Crippen LogP contribution in [-0.4, -0.2) is 59.0 Å². The average molecular weight is 264 g/mol. The Kier molecular flexibility index (Phi) is 8.33. The second-order valence-corrected chi connectivity index (χ2v) is 3.91. The van der Waals surface area contributed by atoms with E-state index in [1.54, 1.807) is 25.1 Å². The number of carboxylic acid groups (broad SMARTS) is 1. The molecule has 1 N–H and O–H groups in total. The first-order valence-corrected chi connectivity index (χ1v) is 5.74. The first-order valence-electron chi connectivity index (χ1n) is 4.76. The molecule has 0 aromatic heterocycles. The van der Waals surface area contributed by atoms with E-state index in [0.717, 1.165) is 0 Å². The normalized spacial score (nSPS) is 9.24. The number of thioether (sulfide) groups is 1. The van der Waals surface area contributed by atoms with Gasteiger partial charge in [0.1, 0.15) is 0 Å². The zero-order valence-corrected chi connectivity index (χ0v) is 9.62. The number of ether oxygens (including phenoxy) is 1. The Morgan fingerprint density at radius 3 is 2.59 bits per heavy atom. The fraction of sp³-hybridized carbons (Fsp3) is 0.273. The van der Waals surface area contributed by atoms with Crippen molar-refractivity contribution < 1.29 is 19.4 Å². The molecule has 0 radical (unpaired) electrons. The summed E-state index contributed by atoms with van der Waals surface area (Å²) in [5, 5.41) is 8.90. The van der Waals surface area contributed by atoms with Crippen LogP contribution >= 0.6 is 11.8 Å². The molecule has 0 bridgehead atoms. The molecule has 1 aromatic carbocycles. The summed E-state index contributed by atoms with van der Waals surface area (Å²) in [6, 6.07) is 6.57. The molecular weight excluding hydrogens is 251 g/mol. The third kappa shape index (κ3) is 5.59. The molecule has 0 saturated carbocycles. The predicted molar refractivity (Wildman–Crippen MR) is 67.9 cm³/mol. The number of hydrogen-bond donors (Lipinski definition) is 1. The summed E-state index contributed by atoms with van der Waals surface area (Å²) in [6.07, 6.45) is 0. The zero-order valence-electron chi connectivity index (χ0n) is 8.80. The Morgan fingerprint density at radius 1 is 1.35 bits per heavy atom. The van der Waals surface area contributed by atoms with Crippen molar-refractivity contribution in [1.82, 2.24) is 0 Å². The molecule has 17 heavy (non-hydrogen) atoms. The molecule has 0 aliphatic rings. The molecule has 0 fully saturated rings. The Balaban J connectivity index is 0.00000256.